The Morgan fingerprint density at radius 2 is 1.46 bits per heavy atom. The fourth-order valence-corrected chi connectivity index (χ4v) is 3.94. The monoisotopic (exact) mass is 400 g/mol. The van der Waals surface area contributed by atoms with Crippen molar-refractivity contribution in [3.8, 4) is 0 Å². The van der Waals surface area contributed by atoms with Gasteiger partial charge in [-0.25, -0.2) is 0 Å². The van der Waals surface area contributed by atoms with Crippen LogP contribution in [-0.4, -0.2) is 74.1 Å². The van der Waals surface area contributed by atoms with E-state index < -0.39 is 6.10 Å². The molecule has 28 heavy (non-hydrogen) atoms. The Hall–Kier alpha value is -0.730. The second-order valence-electron chi connectivity index (χ2n) is 8.25. The number of aliphatic hydroxyl groups is 1. The summed E-state index contributed by atoms with van der Waals surface area (Å²) in [5.41, 5.74) is 0. The maximum atomic E-state index is 11.1. The zero-order chi connectivity index (χ0) is 19.8. The summed E-state index contributed by atoms with van der Waals surface area (Å²) in [6.45, 7) is 3.55. The number of hydrogen-bond donors (Lipinski definition) is 1. The minimum atomic E-state index is -0.756. The highest BCUT2D eigenvalue weighted by Gasteiger charge is 2.30. The van der Waals surface area contributed by atoms with Crippen LogP contribution >= 0.6 is 0 Å². The van der Waals surface area contributed by atoms with Gasteiger partial charge in [-0.3, -0.25) is 4.79 Å². The number of esters is 1. The third-order valence-electron chi connectivity index (χ3n) is 5.80. The van der Waals surface area contributed by atoms with E-state index in [1.807, 2.05) is 0 Å². The smallest absolute Gasteiger partial charge is 0.305 e. The van der Waals surface area contributed by atoms with E-state index in [-0.39, 0.29) is 25.3 Å². The number of carbonyl (C=O) groups excluding carboxylic acids is 1. The molecule has 0 radical (unpaired) electrons. The molecule has 162 valence electrons. The van der Waals surface area contributed by atoms with E-state index in [4.69, 9.17) is 23.7 Å². The molecule has 1 heterocycles. The molecule has 7 heteroatoms. The Morgan fingerprint density at radius 1 is 0.929 bits per heavy atom. The summed E-state index contributed by atoms with van der Waals surface area (Å²) in [5, 5.41) is 9.84. The highest BCUT2D eigenvalue weighted by atomic mass is 16.6. The molecule has 0 aromatic rings. The van der Waals surface area contributed by atoms with Crippen molar-refractivity contribution >= 4 is 5.97 Å². The number of hydrogen-bond acceptors (Lipinski definition) is 7. The summed E-state index contributed by atoms with van der Waals surface area (Å²) in [7, 11) is 0. The zero-order valence-electron chi connectivity index (χ0n) is 17.1. The molecule has 0 bridgehead atoms. The molecular formula is C21H36O7. The molecule has 3 fully saturated rings. The first-order chi connectivity index (χ1) is 13.6. The fourth-order valence-electron chi connectivity index (χ4n) is 3.94. The van der Waals surface area contributed by atoms with E-state index in [0.29, 0.717) is 30.8 Å². The van der Waals surface area contributed by atoms with Crippen LogP contribution in [0.3, 0.4) is 0 Å². The Bertz CT molecular complexity index is 452. The van der Waals surface area contributed by atoms with Crippen molar-refractivity contribution in [2.45, 2.75) is 101 Å². The highest BCUT2D eigenvalue weighted by molar-refractivity contribution is 5.68. The SMILES string of the molecule is CCC(=O)OCC(O)COC1CCC(OC2CCC(OCC3CO3)CC2)CC1. The number of aliphatic hydroxyl groups excluding tert-OH is 1. The van der Waals surface area contributed by atoms with Gasteiger partial charge in [-0.05, 0) is 51.4 Å². The number of rotatable bonds is 11. The molecule has 1 N–H and O–H groups in total. The minimum Gasteiger partial charge on any atom is -0.463 e. The molecule has 2 aliphatic carbocycles. The van der Waals surface area contributed by atoms with Gasteiger partial charge in [0.25, 0.3) is 0 Å². The lowest BCUT2D eigenvalue weighted by Crippen LogP contribution is -2.34. The second-order valence-corrected chi connectivity index (χ2v) is 8.25. The fraction of sp³-hybridized carbons (Fsp3) is 0.952. The van der Waals surface area contributed by atoms with Crippen LogP contribution in [0.15, 0.2) is 0 Å². The van der Waals surface area contributed by atoms with Gasteiger partial charge >= 0.3 is 5.97 Å². The van der Waals surface area contributed by atoms with Gasteiger partial charge < -0.3 is 28.8 Å². The molecule has 0 aromatic heterocycles. The second kappa shape index (κ2) is 11.5. The molecule has 7 nitrogen and oxygen atoms in total. The van der Waals surface area contributed by atoms with Crippen molar-refractivity contribution < 1.29 is 33.6 Å². The van der Waals surface area contributed by atoms with Crippen LogP contribution in [0.2, 0.25) is 0 Å². The van der Waals surface area contributed by atoms with Crippen molar-refractivity contribution in [1.82, 2.24) is 0 Å². The predicted octanol–water partition coefficient (Wildman–Crippen LogP) is 2.37. The van der Waals surface area contributed by atoms with Crippen LogP contribution in [-0.2, 0) is 28.5 Å². The average Bonchev–Trinajstić information content (AvgIpc) is 3.55. The molecular weight excluding hydrogens is 364 g/mol. The maximum absolute atomic E-state index is 11.1. The van der Waals surface area contributed by atoms with Crippen LogP contribution in [0, 0.1) is 0 Å². The van der Waals surface area contributed by atoms with Gasteiger partial charge in [-0.15, -0.1) is 0 Å². The van der Waals surface area contributed by atoms with Crippen LogP contribution in [0.4, 0.5) is 0 Å². The predicted molar refractivity (Wildman–Crippen MR) is 102 cm³/mol. The summed E-state index contributed by atoms with van der Waals surface area (Å²) < 4.78 is 28.1. The Balaban J connectivity index is 1.22. The van der Waals surface area contributed by atoms with Crippen LogP contribution < -0.4 is 0 Å². The van der Waals surface area contributed by atoms with Gasteiger partial charge in [0.15, 0.2) is 0 Å². The molecule has 0 aromatic carbocycles. The van der Waals surface area contributed by atoms with Gasteiger partial charge in [0.1, 0.15) is 18.8 Å². The van der Waals surface area contributed by atoms with E-state index in [1.165, 1.54) is 0 Å². The van der Waals surface area contributed by atoms with Gasteiger partial charge in [0, 0.05) is 6.42 Å². The molecule has 2 atom stereocenters. The first-order valence-corrected chi connectivity index (χ1v) is 11.0. The van der Waals surface area contributed by atoms with E-state index in [0.717, 1.165) is 64.6 Å². The zero-order valence-corrected chi connectivity index (χ0v) is 17.1. The summed E-state index contributed by atoms with van der Waals surface area (Å²) in [5.74, 6) is -0.297. The molecule has 2 saturated carbocycles. The van der Waals surface area contributed by atoms with Crippen molar-refractivity contribution in [1.29, 1.82) is 0 Å². The van der Waals surface area contributed by atoms with E-state index in [9.17, 15) is 9.90 Å². The van der Waals surface area contributed by atoms with Crippen molar-refractivity contribution in [2.24, 2.45) is 0 Å². The third kappa shape index (κ3) is 7.95. The van der Waals surface area contributed by atoms with Crippen LogP contribution in [0.1, 0.15) is 64.7 Å². The van der Waals surface area contributed by atoms with Crippen molar-refractivity contribution in [2.75, 3.05) is 26.4 Å². The molecule has 0 spiro atoms. The summed E-state index contributed by atoms with van der Waals surface area (Å²) in [4.78, 5) is 11.1. The maximum Gasteiger partial charge on any atom is 0.305 e. The van der Waals surface area contributed by atoms with E-state index in [1.54, 1.807) is 6.92 Å². The number of epoxide rings is 1. The number of ether oxygens (including phenoxy) is 5. The first-order valence-electron chi connectivity index (χ1n) is 11.0. The standard InChI is InChI=1S/C21H36O7/c1-2-21(23)27-12-15(22)11-24-16-3-7-18(8-4-16)28-19-9-5-17(6-10-19)25-13-20-14-26-20/h15-20,22H,2-14H2,1H3. The third-order valence-corrected chi connectivity index (χ3v) is 5.80. The topological polar surface area (TPSA) is 86.8 Å². The molecule has 3 rings (SSSR count). The lowest BCUT2D eigenvalue weighted by atomic mass is 9.92. The summed E-state index contributed by atoms with van der Waals surface area (Å²) in [6.07, 6.45) is 9.33. The van der Waals surface area contributed by atoms with Gasteiger partial charge in [0.2, 0.25) is 0 Å². The Morgan fingerprint density at radius 3 is 2.00 bits per heavy atom. The van der Waals surface area contributed by atoms with Crippen molar-refractivity contribution in [3.63, 3.8) is 0 Å². The minimum absolute atomic E-state index is 0.00516. The molecule has 1 saturated heterocycles. The highest BCUT2D eigenvalue weighted by Crippen LogP contribution is 2.30. The van der Waals surface area contributed by atoms with Gasteiger partial charge in [0.05, 0.1) is 44.2 Å². The van der Waals surface area contributed by atoms with Crippen LogP contribution in [0.5, 0.6) is 0 Å². The lowest BCUT2D eigenvalue weighted by Gasteiger charge is -2.34. The lowest BCUT2D eigenvalue weighted by molar-refractivity contribution is -0.148. The summed E-state index contributed by atoms with van der Waals surface area (Å²) >= 11 is 0. The molecule has 1 aliphatic heterocycles. The van der Waals surface area contributed by atoms with Crippen LogP contribution in [0.25, 0.3) is 0 Å². The number of carbonyl (C=O) groups is 1. The Labute approximate surface area is 168 Å². The first kappa shape index (κ1) is 22.0. The Kier molecular flexibility index (Phi) is 8.99. The van der Waals surface area contributed by atoms with E-state index in [2.05, 4.69) is 0 Å². The average molecular weight is 401 g/mol. The van der Waals surface area contributed by atoms with Gasteiger partial charge in [-0.1, -0.05) is 6.92 Å². The van der Waals surface area contributed by atoms with Gasteiger partial charge in [-0.2, -0.15) is 0 Å². The van der Waals surface area contributed by atoms with E-state index >= 15 is 0 Å². The van der Waals surface area contributed by atoms with Crippen molar-refractivity contribution in [3.05, 3.63) is 0 Å². The molecule has 0 amide bonds. The quantitative estimate of drug-likeness (QED) is 0.421. The normalized spacial score (nSPS) is 34.0. The largest absolute Gasteiger partial charge is 0.463 e. The molecule has 2 unspecified atom stereocenters. The summed E-state index contributed by atoms with van der Waals surface area (Å²) in [6, 6.07) is 0. The molecule has 3 aliphatic rings.